The number of hydrogen-bond donors (Lipinski definition) is 1. The second-order valence-electron chi connectivity index (χ2n) is 6.56. The predicted molar refractivity (Wildman–Crippen MR) is 103 cm³/mol. The van der Waals surface area contributed by atoms with E-state index in [2.05, 4.69) is 12.2 Å². The largest absolute Gasteiger partial charge is 0.497 e. The highest BCUT2D eigenvalue weighted by atomic mass is 16.5. The molecule has 1 unspecified atom stereocenters. The van der Waals surface area contributed by atoms with Gasteiger partial charge in [-0.25, -0.2) is 0 Å². The molecule has 2 aromatic rings. The number of aryl methyl sites for hydroxylation is 2. The van der Waals surface area contributed by atoms with E-state index in [-0.39, 0.29) is 24.2 Å². The number of rotatable bonds is 5. The molecule has 0 bridgehead atoms. The van der Waals surface area contributed by atoms with E-state index in [9.17, 15) is 9.59 Å². The Labute approximate surface area is 154 Å². The first kappa shape index (κ1) is 18.0. The van der Waals surface area contributed by atoms with Crippen molar-refractivity contribution in [2.45, 2.75) is 26.7 Å². The van der Waals surface area contributed by atoms with Crippen LogP contribution in [0.5, 0.6) is 5.75 Å². The van der Waals surface area contributed by atoms with Gasteiger partial charge in [-0.1, -0.05) is 25.1 Å². The zero-order valence-electron chi connectivity index (χ0n) is 15.4. The molecule has 1 aliphatic heterocycles. The Kier molecular flexibility index (Phi) is 5.26. The Morgan fingerprint density at radius 3 is 2.62 bits per heavy atom. The number of benzene rings is 2. The van der Waals surface area contributed by atoms with E-state index < -0.39 is 0 Å². The minimum Gasteiger partial charge on any atom is -0.497 e. The summed E-state index contributed by atoms with van der Waals surface area (Å²) in [4.78, 5) is 27.0. The zero-order valence-corrected chi connectivity index (χ0v) is 15.4. The molecule has 5 nitrogen and oxygen atoms in total. The first-order chi connectivity index (χ1) is 12.5. The van der Waals surface area contributed by atoms with Crippen LogP contribution in [0.2, 0.25) is 0 Å². The number of methoxy groups -OCH3 is 1. The maximum atomic E-state index is 12.6. The normalized spacial score (nSPS) is 16.7. The molecule has 0 aromatic heterocycles. The molecule has 2 amide bonds. The van der Waals surface area contributed by atoms with E-state index in [1.165, 1.54) is 0 Å². The van der Waals surface area contributed by atoms with Gasteiger partial charge in [0.1, 0.15) is 5.75 Å². The van der Waals surface area contributed by atoms with Crippen LogP contribution in [0.15, 0.2) is 42.5 Å². The Morgan fingerprint density at radius 2 is 1.96 bits per heavy atom. The molecule has 1 heterocycles. The molecule has 0 saturated carbocycles. The third-order valence-corrected chi connectivity index (χ3v) is 4.83. The third kappa shape index (κ3) is 3.57. The number of para-hydroxylation sites is 1. The lowest BCUT2D eigenvalue weighted by Crippen LogP contribution is -2.29. The SMILES string of the molecule is CCc1cccc(C)c1N1CC(C(=O)Nc2ccc(OC)cc2)CC1=O. The van der Waals surface area contributed by atoms with Crippen LogP contribution < -0.4 is 15.0 Å². The fraction of sp³-hybridized carbons (Fsp3) is 0.333. The summed E-state index contributed by atoms with van der Waals surface area (Å²) in [6.45, 7) is 4.50. The van der Waals surface area contributed by atoms with Crippen LogP contribution >= 0.6 is 0 Å². The number of amides is 2. The van der Waals surface area contributed by atoms with Gasteiger partial charge in [-0.05, 0) is 48.7 Å². The molecule has 0 aliphatic carbocycles. The number of nitrogens with one attached hydrogen (secondary N) is 1. The Morgan fingerprint density at radius 1 is 1.23 bits per heavy atom. The number of anilines is 2. The lowest BCUT2D eigenvalue weighted by atomic mass is 10.0. The molecular weight excluding hydrogens is 328 g/mol. The monoisotopic (exact) mass is 352 g/mol. The standard InChI is InChI=1S/C21H24N2O3/c1-4-15-7-5-6-14(2)20(15)23-13-16(12-19(23)24)21(25)22-17-8-10-18(26-3)11-9-17/h5-11,16H,4,12-13H2,1-3H3,(H,22,25). The Hall–Kier alpha value is -2.82. The van der Waals surface area contributed by atoms with Gasteiger partial charge in [0.25, 0.3) is 0 Å². The smallest absolute Gasteiger partial charge is 0.229 e. The molecule has 5 heteroatoms. The average molecular weight is 352 g/mol. The lowest BCUT2D eigenvalue weighted by Gasteiger charge is -2.22. The van der Waals surface area contributed by atoms with Crippen molar-refractivity contribution in [2.75, 3.05) is 23.9 Å². The van der Waals surface area contributed by atoms with Gasteiger partial charge in [-0.15, -0.1) is 0 Å². The zero-order chi connectivity index (χ0) is 18.7. The molecule has 26 heavy (non-hydrogen) atoms. The minimum atomic E-state index is -0.353. The quantitative estimate of drug-likeness (QED) is 0.895. The highest BCUT2D eigenvalue weighted by Crippen LogP contribution is 2.32. The van der Waals surface area contributed by atoms with Crippen molar-refractivity contribution < 1.29 is 14.3 Å². The summed E-state index contributed by atoms with van der Waals surface area (Å²) in [6.07, 6.45) is 1.09. The van der Waals surface area contributed by atoms with Crippen LogP contribution in [0.1, 0.15) is 24.5 Å². The van der Waals surface area contributed by atoms with E-state index in [1.807, 2.05) is 25.1 Å². The van der Waals surface area contributed by atoms with Crippen LogP contribution in [0.25, 0.3) is 0 Å². The molecule has 3 rings (SSSR count). The van der Waals surface area contributed by atoms with Crippen LogP contribution in [0.3, 0.4) is 0 Å². The lowest BCUT2D eigenvalue weighted by molar-refractivity contribution is -0.122. The van der Waals surface area contributed by atoms with Gasteiger partial charge in [-0.2, -0.15) is 0 Å². The van der Waals surface area contributed by atoms with Crippen molar-refractivity contribution in [3.63, 3.8) is 0 Å². The molecule has 0 spiro atoms. The number of ether oxygens (including phenoxy) is 1. The second-order valence-corrected chi connectivity index (χ2v) is 6.56. The molecular formula is C21H24N2O3. The van der Waals surface area contributed by atoms with Crippen molar-refractivity contribution in [2.24, 2.45) is 5.92 Å². The average Bonchev–Trinajstić information content (AvgIpc) is 3.03. The van der Waals surface area contributed by atoms with Gasteiger partial charge < -0.3 is 15.0 Å². The Balaban J connectivity index is 1.74. The van der Waals surface area contributed by atoms with Crippen molar-refractivity contribution in [1.82, 2.24) is 0 Å². The van der Waals surface area contributed by atoms with Gasteiger partial charge in [-0.3, -0.25) is 9.59 Å². The van der Waals surface area contributed by atoms with Gasteiger partial charge in [0, 0.05) is 24.3 Å². The molecule has 1 aliphatic rings. The summed E-state index contributed by atoms with van der Waals surface area (Å²) in [5.74, 6) is 0.257. The van der Waals surface area contributed by atoms with Crippen LogP contribution in [-0.4, -0.2) is 25.5 Å². The summed E-state index contributed by atoms with van der Waals surface area (Å²) in [5, 5.41) is 2.90. The van der Waals surface area contributed by atoms with Crippen LogP contribution in [-0.2, 0) is 16.0 Å². The van der Waals surface area contributed by atoms with E-state index >= 15 is 0 Å². The number of nitrogens with zero attached hydrogens (tertiary/aromatic N) is 1. The van der Waals surface area contributed by atoms with Crippen LogP contribution in [0.4, 0.5) is 11.4 Å². The number of carbonyl (C=O) groups excluding carboxylic acids is 2. The molecule has 1 atom stereocenters. The minimum absolute atomic E-state index is 0.00359. The van der Waals surface area contributed by atoms with Crippen molar-refractivity contribution in [3.8, 4) is 5.75 Å². The maximum absolute atomic E-state index is 12.6. The molecule has 1 N–H and O–H groups in total. The van der Waals surface area contributed by atoms with Gasteiger partial charge >= 0.3 is 0 Å². The van der Waals surface area contributed by atoms with Crippen molar-refractivity contribution in [3.05, 3.63) is 53.6 Å². The molecule has 0 radical (unpaired) electrons. The fourth-order valence-corrected chi connectivity index (χ4v) is 3.41. The van der Waals surface area contributed by atoms with Crippen molar-refractivity contribution >= 4 is 23.2 Å². The van der Waals surface area contributed by atoms with Gasteiger partial charge in [0.05, 0.1) is 13.0 Å². The first-order valence-electron chi connectivity index (χ1n) is 8.87. The van der Waals surface area contributed by atoms with E-state index in [0.29, 0.717) is 12.2 Å². The van der Waals surface area contributed by atoms with Gasteiger partial charge in [0.2, 0.25) is 11.8 Å². The topological polar surface area (TPSA) is 58.6 Å². The highest BCUT2D eigenvalue weighted by molar-refractivity contribution is 6.04. The summed E-state index contributed by atoms with van der Waals surface area (Å²) in [5.41, 5.74) is 3.86. The van der Waals surface area contributed by atoms with Crippen molar-refractivity contribution in [1.29, 1.82) is 0 Å². The summed E-state index contributed by atoms with van der Waals surface area (Å²) < 4.78 is 5.12. The van der Waals surface area contributed by atoms with Gasteiger partial charge in [0.15, 0.2) is 0 Å². The first-order valence-corrected chi connectivity index (χ1v) is 8.87. The molecule has 1 saturated heterocycles. The van der Waals surface area contributed by atoms with E-state index in [1.54, 1.807) is 36.3 Å². The Bertz CT molecular complexity index is 815. The summed E-state index contributed by atoms with van der Waals surface area (Å²) in [7, 11) is 1.60. The van der Waals surface area contributed by atoms with Crippen LogP contribution in [0, 0.1) is 12.8 Å². The third-order valence-electron chi connectivity index (χ3n) is 4.83. The summed E-state index contributed by atoms with van der Waals surface area (Å²) in [6, 6.07) is 13.2. The molecule has 1 fully saturated rings. The number of hydrogen-bond acceptors (Lipinski definition) is 3. The van der Waals surface area contributed by atoms with E-state index in [0.717, 1.165) is 29.0 Å². The van der Waals surface area contributed by atoms with E-state index in [4.69, 9.17) is 4.74 Å². The molecule has 136 valence electrons. The fourth-order valence-electron chi connectivity index (χ4n) is 3.41. The predicted octanol–water partition coefficient (Wildman–Crippen LogP) is 3.56. The molecule has 2 aromatic carbocycles. The number of carbonyl (C=O) groups is 2. The highest BCUT2D eigenvalue weighted by Gasteiger charge is 2.36. The maximum Gasteiger partial charge on any atom is 0.229 e. The second kappa shape index (κ2) is 7.60. The summed E-state index contributed by atoms with van der Waals surface area (Å²) >= 11 is 0.